The fourth-order valence-electron chi connectivity index (χ4n) is 3.55. The van der Waals surface area contributed by atoms with Gasteiger partial charge in [-0.2, -0.15) is 5.26 Å². The topological polar surface area (TPSA) is 160 Å². The molecule has 1 aromatic heterocycles. The van der Waals surface area contributed by atoms with Gasteiger partial charge >= 0.3 is 0 Å². The van der Waals surface area contributed by atoms with Gasteiger partial charge in [0.15, 0.2) is 5.75 Å². The van der Waals surface area contributed by atoms with Crippen molar-refractivity contribution < 1.29 is 26.3 Å². The molecule has 39 heavy (non-hydrogen) atoms. The summed E-state index contributed by atoms with van der Waals surface area (Å²) in [4.78, 5) is 8.01. The Morgan fingerprint density at radius 2 is 1.69 bits per heavy atom. The van der Waals surface area contributed by atoms with Gasteiger partial charge in [-0.15, -0.1) is 0 Å². The Morgan fingerprint density at radius 1 is 1.00 bits per heavy atom. The van der Waals surface area contributed by atoms with Crippen molar-refractivity contribution in [2.24, 2.45) is 0 Å². The monoisotopic (exact) mass is 593 g/mol. The van der Waals surface area contributed by atoms with Gasteiger partial charge in [-0.25, -0.2) is 31.5 Å². The van der Waals surface area contributed by atoms with E-state index in [4.69, 9.17) is 21.1 Å². The van der Waals surface area contributed by atoms with Gasteiger partial charge in [-0.05, 0) is 41.5 Å². The first-order chi connectivity index (χ1) is 18.2. The predicted molar refractivity (Wildman–Crippen MR) is 148 cm³/mol. The van der Waals surface area contributed by atoms with Crippen molar-refractivity contribution in [3.8, 4) is 17.6 Å². The molecular formula is C25H28ClN5O6S2. The van der Waals surface area contributed by atoms with E-state index in [1.165, 1.54) is 6.20 Å². The lowest BCUT2D eigenvalue weighted by Gasteiger charge is -2.27. The fraction of sp³-hybridized carbons (Fsp3) is 0.320. The molecule has 2 N–H and O–H groups in total. The smallest absolute Gasteiger partial charge is 0.236 e. The normalized spacial score (nSPS) is 12.0. The number of sulfonamides is 2. The van der Waals surface area contributed by atoms with Crippen LogP contribution in [0.15, 0.2) is 48.7 Å². The molecule has 0 saturated carbocycles. The van der Waals surface area contributed by atoms with Crippen LogP contribution < -0.4 is 18.9 Å². The average Bonchev–Trinajstić information content (AvgIpc) is 2.84. The van der Waals surface area contributed by atoms with Crippen LogP contribution in [-0.4, -0.2) is 52.5 Å². The predicted octanol–water partition coefficient (Wildman–Crippen LogP) is 3.21. The standard InChI is InChI=1S/C25H28ClN5O6S2/c1-25(2,19-13-17(15-27)23(22(26)14-19)36-12-11-29-38(3,32)33)18-5-7-21(8-6-18)37-16-20-9-10-28-24(30-20)31-39(4,34)35/h5-10,13-14,29H,11-12,16H2,1-4H3,(H,28,30,31). The molecule has 1 heterocycles. The van der Waals surface area contributed by atoms with E-state index >= 15 is 0 Å². The van der Waals surface area contributed by atoms with Crippen molar-refractivity contribution in [2.75, 3.05) is 30.4 Å². The summed E-state index contributed by atoms with van der Waals surface area (Å²) < 4.78 is 61.2. The van der Waals surface area contributed by atoms with Crippen LogP contribution in [0.3, 0.4) is 0 Å². The highest BCUT2D eigenvalue weighted by atomic mass is 35.5. The van der Waals surface area contributed by atoms with Crippen LogP contribution >= 0.6 is 11.6 Å². The number of halogens is 1. The maximum atomic E-state index is 11.4. The minimum absolute atomic E-state index is 0.0101. The maximum Gasteiger partial charge on any atom is 0.236 e. The first kappa shape index (κ1) is 30.1. The Labute approximate surface area is 233 Å². The van der Waals surface area contributed by atoms with Crippen LogP contribution in [0.2, 0.25) is 5.02 Å². The number of hydrogen-bond donors (Lipinski definition) is 2. The Kier molecular flexibility index (Phi) is 9.39. The average molecular weight is 594 g/mol. The van der Waals surface area contributed by atoms with Gasteiger partial charge in [-0.1, -0.05) is 37.6 Å². The zero-order valence-electron chi connectivity index (χ0n) is 21.7. The van der Waals surface area contributed by atoms with E-state index < -0.39 is 25.5 Å². The lowest BCUT2D eigenvalue weighted by atomic mass is 9.77. The molecule has 3 aromatic rings. The van der Waals surface area contributed by atoms with Crippen molar-refractivity contribution in [3.63, 3.8) is 0 Å². The summed E-state index contributed by atoms with van der Waals surface area (Å²) in [6.07, 6.45) is 3.50. The summed E-state index contributed by atoms with van der Waals surface area (Å²) in [6.45, 7) is 4.13. The molecule has 0 unspecified atom stereocenters. The third kappa shape index (κ3) is 8.79. The molecule has 3 rings (SSSR count). The zero-order chi connectivity index (χ0) is 28.8. The largest absolute Gasteiger partial charge is 0.489 e. The van der Waals surface area contributed by atoms with Crippen molar-refractivity contribution in [3.05, 3.63) is 76.1 Å². The van der Waals surface area contributed by atoms with Gasteiger partial charge in [0.25, 0.3) is 0 Å². The highest BCUT2D eigenvalue weighted by Gasteiger charge is 2.26. The van der Waals surface area contributed by atoms with Crippen molar-refractivity contribution in [2.45, 2.75) is 25.9 Å². The second kappa shape index (κ2) is 12.2. The van der Waals surface area contributed by atoms with Gasteiger partial charge in [-0.3, -0.25) is 4.72 Å². The number of benzene rings is 2. The van der Waals surface area contributed by atoms with E-state index in [-0.39, 0.29) is 42.0 Å². The lowest BCUT2D eigenvalue weighted by molar-refractivity contribution is 0.301. The minimum Gasteiger partial charge on any atom is -0.489 e. The number of ether oxygens (including phenoxy) is 2. The summed E-state index contributed by atoms with van der Waals surface area (Å²) in [5.74, 6) is 0.735. The second-order valence-electron chi connectivity index (χ2n) is 9.15. The van der Waals surface area contributed by atoms with E-state index in [0.29, 0.717) is 11.4 Å². The first-order valence-electron chi connectivity index (χ1n) is 11.5. The van der Waals surface area contributed by atoms with Crippen molar-refractivity contribution in [1.29, 1.82) is 5.26 Å². The third-order valence-corrected chi connectivity index (χ3v) is 7.11. The molecule has 11 nitrogen and oxygen atoms in total. The van der Waals surface area contributed by atoms with E-state index in [1.54, 1.807) is 30.3 Å². The van der Waals surface area contributed by atoms with Crippen LogP contribution in [0.25, 0.3) is 0 Å². The van der Waals surface area contributed by atoms with Crippen LogP contribution in [0.4, 0.5) is 5.95 Å². The molecule has 0 saturated heterocycles. The van der Waals surface area contributed by atoms with Gasteiger partial charge in [0.05, 0.1) is 28.8 Å². The van der Waals surface area contributed by atoms with Gasteiger partial charge in [0.2, 0.25) is 26.0 Å². The molecule has 0 amide bonds. The molecule has 208 valence electrons. The highest BCUT2D eigenvalue weighted by molar-refractivity contribution is 7.92. The maximum absolute atomic E-state index is 11.4. The summed E-state index contributed by atoms with van der Waals surface area (Å²) in [7, 11) is -6.85. The van der Waals surface area contributed by atoms with E-state index in [0.717, 1.165) is 23.6 Å². The quantitative estimate of drug-likeness (QED) is 0.300. The number of nitrogens with one attached hydrogen (secondary N) is 2. The molecule has 0 aliphatic carbocycles. The molecule has 0 radical (unpaired) electrons. The SMILES string of the molecule is CC(C)(c1ccc(OCc2ccnc(NS(C)(=O)=O)n2)cc1)c1cc(Cl)c(OCCNS(C)(=O)=O)c(C#N)c1. The molecule has 0 aliphatic rings. The number of rotatable bonds is 12. The zero-order valence-corrected chi connectivity index (χ0v) is 24.1. The number of nitriles is 1. The Balaban J connectivity index is 1.72. The van der Waals surface area contributed by atoms with E-state index in [1.807, 2.05) is 26.0 Å². The molecule has 0 aliphatic heterocycles. The van der Waals surface area contributed by atoms with Crippen LogP contribution in [0.1, 0.15) is 36.2 Å². The third-order valence-electron chi connectivity index (χ3n) is 5.55. The van der Waals surface area contributed by atoms with Gasteiger partial charge in [0.1, 0.15) is 25.0 Å². The lowest BCUT2D eigenvalue weighted by Crippen LogP contribution is -2.27. The Bertz CT molecular complexity index is 1590. The van der Waals surface area contributed by atoms with E-state index in [9.17, 15) is 22.1 Å². The summed E-state index contributed by atoms with van der Waals surface area (Å²) >= 11 is 6.46. The van der Waals surface area contributed by atoms with Crippen LogP contribution in [0, 0.1) is 11.3 Å². The van der Waals surface area contributed by atoms with Crippen LogP contribution in [-0.2, 0) is 32.1 Å². The van der Waals surface area contributed by atoms with E-state index in [2.05, 4.69) is 25.5 Å². The molecule has 2 aromatic carbocycles. The van der Waals surface area contributed by atoms with Crippen molar-refractivity contribution >= 4 is 37.6 Å². The minimum atomic E-state index is -3.49. The van der Waals surface area contributed by atoms with Crippen molar-refractivity contribution in [1.82, 2.24) is 14.7 Å². The second-order valence-corrected chi connectivity index (χ2v) is 13.1. The fourth-order valence-corrected chi connectivity index (χ4v) is 4.71. The van der Waals surface area contributed by atoms with Gasteiger partial charge in [0, 0.05) is 18.2 Å². The molecule has 0 fully saturated rings. The molecule has 0 atom stereocenters. The first-order valence-corrected chi connectivity index (χ1v) is 15.7. The number of anilines is 1. The number of hydrogen-bond acceptors (Lipinski definition) is 9. The summed E-state index contributed by atoms with van der Waals surface area (Å²) in [6, 6.07) is 14.5. The van der Waals surface area contributed by atoms with Crippen LogP contribution in [0.5, 0.6) is 11.5 Å². The molecule has 0 spiro atoms. The summed E-state index contributed by atoms with van der Waals surface area (Å²) in [5.41, 5.74) is 1.91. The number of aromatic nitrogens is 2. The highest BCUT2D eigenvalue weighted by Crippen LogP contribution is 2.38. The van der Waals surface area contributed by atoms with Gasteiger partial charge < -0.3 is 9.47 Å². The molecule has 14 heteroatoms. The Morgan fingerprint density at radius 3 is 2.31 bits per heavy atom. The molecule has 0 bridgehead atoms. The molecular weight excluding hydrogens is 566 g/mol. The number of nitrogens with zero attached hydrogens (tertiary/aromatic N) is 3. The summed E-state index contributed by atoms with van der Waals surface area (Å²) in [5, 5.41) is 9.93. The Hall–Kier alpha value is -3.44.